The summed E-state index contributed by atoms with van der Waals surface area (Å²) in [6.07, 6.45) is 0. The molecule has 0 unspecified atom stereocenters. The fraction of sp³-hybridized carbons (Fsp3) is 0.429. The molecule has 0 radical (unpaired) electrons. The van der Waals surface area contributed by atoms with E-state index < -0.39 is 29.4 Å². The molecule has 0 fully saturated rings. The Labute approximate surface area is 116 Å². The number of ether oxygens (including phenoxy) is 1. The molecule has 1 rings (SSSR count). The van der Waals surface area contributed by atoms with Gasteiger partial charge >= 0.3 is 5.97 Å². The maximum Gasteiger partial charge on any atom is 0.328 e. The minimum atomic E-state index is -1.91. The molecule has 0 spiro atoms. The Morgan fingerprint density at radius 3 is 2.45 bits per heavy atom. The first-order valence-electron chi connectivity index (χ1n) is 6.04. The van der Waals surface area contributed by atoms with Crippen LogP contribution in [0.15, 0.2) is 18.2 Å². The molecule has 0 heterocycles. The quantitative estimate of drug-likeness (QED) is 0.864. The van der Waals surface area contributed by atoms with E-state index in [4.69, 9.17) is 0 Å². The molecule has 20 heavy (non-hydrogen) atoms. The number of nitrogens with one attached hydrogen (secondary N) is 1. The van der Waals surface area contributed by atoms with E-state index >= 15 is 0 Å². The zero-order valence-electron chi connectivity index (χ0n) is 11.8. The number of amides is 1. The lowest BCUT2D eigenvalue weighted by Gasteiger charge is -2.17. The van der Waals surface area contributed by atoms with Crippen molar-refractivity contribution in [3.05, 3.63) is 35.1 Å². The van der Waals surface area contributed by atoms with Crippen molar-refractivity contribution in [1.29, 1.82) is 0 Å². The van der Waals surface area contributed by atoms with Crippen molar-refractivity contribution < 1.29 is 23.1 Å². The summed E-state index contributed by atoms with van der Waals surface area (Å²) in [5.41, 5.74) is -2.05. The highest BCUT2D eigenvalue weighted by Crippen LogP contribution is 2.27. The van der Waals surface area contributed by atoms with E-state index in [0.29, 0.717) is 0 Å². The SMILES string of the molecule is COC(=O)[C@@H](C)NC(=O)c1ccc(F)c(C(C)(C)F)c1. The number of rotatable bonds is 4. The molecule has 4 nitrogen and oxygen atoms in total. The highest BCUT2D eigenvalue weighted by Gasteiger charge is 2.25. The molecule has 0 aliphatic carbocycles. The third kappa shape index (κ3) is 3.76. The normalized spacial score (nSPS) is 12.7. The fourth-order valence-electron chi connectivity index (χ4n) is 1.64. The van der Waals surface area contributed by atoms with Gasteiger partial charge in [0.2, 0.25) is 0 Å². The van der Waals surface area contributed by atoms with Gasteiger partial charge in [0.25, 0.3) is 5.91 Å². The Kier molecular flexibility index (Phi) is 4.81. The molecule has 0 bridgehead atoms. The van der Waals surface area contributed by atoms with E-state index in [1.807, 2.05) is 0 Å². The number of hydrogen-bond donors (Lipinski definition) is 1. The van der Waals surface area contributed by atoms with Crippen molar-refractivity contribution in [3.8, 4) is 0 Å². The van der Waals surface area contributed by atoms with Crippen LogP contribution in [0.2, 0.25) is 0 Å². The lowest BCUT2D eigenvalue weighted by Crippen LogP contribution is -2.39. The predicted octanol–water partition coefficient (Wildman–Crippen LogP) is 2.32. The first kappa shape index (κ1) is 16.1. The highest BCUT2D eigenvalue weighted by atomic mass is 19.1. The van der Waals surface area contributed by atoms with Crippen molar-refractivity contribution in [3.63, 3.8) is 0 Å². The molecule has 0 aliphatic heterocycles. The van der Waals surface area contributed by atoms with Gasteiger partial charge in [-0.2, -0.15) is 0 Å². The summed E-state index contributed by atoms with van der Waals surface area (Å²) in [6, 6.07) is 2.53. The summed E-state index contributed by atoms with van der Waals surface area (Å²) in [7, 11) is 1.20. The molecule has 110 valence electrons. The Hall–Kier alpha value is -1.98. The topological polar surface area (TPSA) is 55.4 Å². The van der Waals surface area contributed by atoms with Gasteiger partial charge in [0, 0.05) is 11.1 Å². The summed E-state index contributed by atoms with van der Waals surface area (Å²) in [5.74, 6) is -1.94. The maximum absolute atomic E-state index is 13.8. The first-order chi connectivity index (χ1) is 9.16. The van der Waals surface area contributed by atoms with Crippen LogP contribution in [0.5, 0.6) is 0 Å². The van der Waals surface area contributed by atoms with E-state index in [0.717, 1.165) is 12.1 Å². The number of carbonyl (C=O) groups excluding carboxylic acids is 2. The average Bonchev–Trinajstić information content (AvgIpc) is 2.36. The van der Waals surface area contributed by atoms with Crippen LogP contribution in [0.3, 0.4) is 0 Å². The van der Waals surface area contributed by atoms with Crippen molar-refractivity contribution in [2.75, 3.05) is 7.11 Å². The minimum absolute atomic E-state index is 0.0721. The van der Waals surface area contributed by atoms with Crippen molar-refractivity contribution >= 4 is 11.9 Å². The molecular formula is C14H17F2NO3. The molecular weight excluding hydrogens is 268 g/mol. The third-order valence-electron chi connectivity index (χ3n) is 2.77. The Bertz CT molecular complexity index is 524. The van der Waals surface area contributed by atoms with Crippen LogP contribution in [-0.2, 0) is 15.2 Å². The largest absolute Gasteiger partial charge is 0.467 e. The summed E-state index contributed by atoms with van der Waals surface area (Å²) >= 11 is 0. The molecule has 0 aromatic heterocycles. The summed E-state index contributed by atoms with van der Waals surface area (Å²) < 4.78 is 31.8. The van der Waals surface area contributed by atoms with Gasteiger partial charge < -0.3 is 10.1 Å². The van der Waals surface area contributed by atoms with Crippen LogP contribution in [0.4, 0.5) is 8.78 Å². The number of halogens is 2. The van der Waals surface area contributed by atoms with Gasteiger partial charge in [-0.05, 0) is 39.0 Å². The van der Waals surface area contributed by atoms with Crippen LogP contribution in [0.1, 0.15) is 36.7 Å². The van der Waals surface area contributed by atoms with Gasteiger partial charge in [-0.1, -0.05) is 0 Å². The van der Waals surface area contributed by atoms with E-state index in [1.165, 1.54) is 33.9 Å². The molecule has 1 aromatic carbocycles. The fourth-order valence-corrected chi connectivity index (χ4v) is 1.64. The van der Waals surface area contributed by atoms with Gasteiger partial charge in [-0.3, -0.25) is 4.79 Å². The number of alkyl halides is 1. The predicted molar refractivity (Wildman–Crippen MR) is 69.5 cm³/mol. The molecule has 0 aliphatic rings. The Morgan fingerprint density at radius 2 is 1.95 bits per heavy atom. The van der Waals surface area contributed by atoms with E-state index in [2.05, 4.69) is 10.1 Å². The zero-order valence-corrected chi connectivity index (χ0v) is 11.8. The molecule has 0 saturated carbocycles. The molecule has 1 atom stereocenters. The summed E-state index contributed by atoms with van der Waals surface area (Å²) in [6.45, 7) is 3.85. The van der Waals surface area contributed by atoms with Crippen LogP contribution >= 0.6 is 0 Å². The smallest absolute Gasteiger partial charge is 0.328 e. The standard InChI is InChI=1S/C14H17F2NO3/c1-8(13(19)20-4)17-12(18)9-5-6-11(15)10(7-9)14(2,3)16/h5-8H,1-4H3,(H,17,18)/t8-/m1/s1. The number of hydrogen-bond acceptors (Lipinski definition) is 3. The van der Waals surface area contributed by atoms with Crippen molar-refractivity contribution in [1.82, 2.24) is 5.32 Å². The minimum Gasteiger partial charge on any atom is -0.467 e. The van der Waals surface area contributed by atoms with Crippen molar-refractivity contribution in [2.45, 2.75) is 32.5 Å². The second-order valence-corrected chi connectivity index (χ2v) is 4.89. The van der Waals surface area contributed by atoms with Crippen LogP contribution in [0, 0.1) is 5.82 Å². The van der Waals surface area contributed by atoms with Crippen molar-refractivity contribution in [2.24, 2.45) is 0 Å². The summed E-state index contributed by atoms with van der Waals surface area (Å²) in [4.78, 5) is 23.1. The number of carbonyl (C=O) groups is 2. The molecule has 0 saturated heterocycles. The number of esters is 1. The van der Waals surface area contributed by atoms with Gasteiger partial charge in [0.05, 0.1) is 7.11 Å². The molecule has 6 heteroatoms. The maximum atomic E-state index is 13.8. The number of benzene rings is 1. The number of methoxy groups -OCH3 is 1. The van der Waals surface area contributed by atoms with Gasteiger partial charge in [0.15, 0.2) is 0 Å². The second-order valence-electron chi connectivity index (χ2n) is 4.89. The van der Waals surface area contributed by atoms with Crippen LogP contribution < -0.4 is 5.32 Å². The first-order valence-corrected chi connectivity index (χ1v) is 6.04. The lowest BCUT2D eigenvalue weighted by atomic mass is 9.97. The Balaban J connectivity index is 2.98. The molecule has 1 N–H and O–H groups in total. The van der Waals surface area contributed by atoms with Gasteiger partial charge in [0.1, 0.15) is 17.5 Å². The van der Waals surface area contributed by atoms with E-state index in [9.17, 15) is 18.4 Å². The monoisotopic (exact) mass is 285 g/mol. The lowest BCUT2D eigenvalue weighted by molar-refractivity contribution is -0.142. The van der Waals surface area contributed by atoms with Crippen LogP contribution in [0.25, 0.3) is 0 Å². The average molecular weight is 285 g/mol. The van der Waals surface area contributed by atoms with E-state index in [-0.39, 0.29) is 11.1 Å². The molecule has 1 amide bonds. The summed E-state index contributed by atoms with van der Waals surface area (Å²) in [5, 5.41) is 2.39. The molecule has 1 aromatic rings. The highest BCUT2D eigenvalue weighted by molar-refractivity contribution is 5.96. The van der Waals surface area contributed by atoms with Crippen LogP contribution in [-0.4, -0.2) is 25.0 Å². The van der Waals surface area contributed by atoms with Gasteiger partial charge in [-0.25, -0.2) is 13.6 Å². The second kappa shape index (κ2) is 5.98. The van der Waals surface area contributed by atoms with E-state index in [1.54, 1.807) is 0 Å². The zero-order chi connectivity index (χ0) is 15.5. The Morgan fingerprint density at radius 1 is 1.35 bits per heavy atom. The van der Waals surface area contributed by atoms with Gasteiger partial charge in [-0.15, -0.1) is 0 Å². The third-order valence-corrected chi connectivity index (χ3v) is 2.77.